The Kier molecular flexibility index (Phi) is 2.97. The molecule has 0 aromatic rings. The molecule has 2 heteroatoms. The highest BCUT2D eigenvalue weighted by Gasteiger charge is 2.56. The van der Waals surface area contributed by atoms with Gasteiger partial charge in [-0.2, -0.15) is 0 Å². The van der Waals surface area contributed by atoms with E-state index in [-0.39, 0.29) is 17.6 Å². The zero-order valence-corrected chi connectivity index (χ0v) is 13.3. The minimum Gasteiger partial charge on any atom is -0.393 e. The Bertz CT molecular complexity index is 520. The van der Waals surface area contributed by atoms with Crippen molar-refractivity contribution in [3.05, 3.63) is 23.3 Å². The number of fused-ring (bicyclic) bond motifs is 5. The van der Waals surface area contributed by atoms with Gasteiger partial charge >= 0.3 is 0 Å². The maximum atomic E-state index is 11.0. The number of allylic oxidation sites excluding steroid dienone is 2. The lowest BCUT2D eigenvalue weighted by molar-refractivity contribution is -0.0352. The van der Waals surface area contributed by atoms with Crippen molar-refractivity contribution in [2.75, 3.05) is 0 Å². The van der Waals surface area contributed by atoms with Crippen LogP contribution in [0.1, 0.15) is 58.8 Å². The van der Waals surface area contributed by atoms with Crippen molar-refractivity contribution in [2.24, 2.45) is 22.7 Å². The van der Waals surface area contributed by atoms with Crippen LogP contribution in [0.15, 0.2) is 23.3 Å². The number of rotatable bonds is 0. The summed E-state index contributed by atoms with van der Waals surface area (Å²) in [7, 11) is 0. The Morgan fingerprint density at radius 2 is 1.90 bits per heavy atom. The highest BCUT2D eigenvalue weighted by atomic mass is 16.3. The molecule has 4 aliphatic carbocycles. The summed E-state index contributed by atoms with van der Waals surface area (Å²) in [6, 6.07) is 0. The van der Waals surface area contributed by atoms with Gasteiger partial charge in [0.15, 0.2) is 0 Å². The van der Waals surface area contributed by atoms with Gasteiger partial charge in [0.25, 0.3) is 0 Å². The lowest BCUT2D eigenvalue weighted by Crippen LogP contribution is -2.51. The second-order valence-corrected chi connectivity index (χ2v) is 8.52. The Balaban J connectivity index is 1.78. The van der Waals surface area contributed by atoms with Crippen molar-refractivity contribution in [1.29, 1.82) is 0 Å². The molecule has 4 rings (SSSR count). The normalized spacial score (nSPS) is 52.4. The zero-order chi connectivity index (χ0) is 14.8. The summed E-state index contributed by atoms with van der Waals surface area (Å²) >= 11 is 0. The molecule has 21 heavy (non-hydrogen) atoms. The summed E-state index contributed by atoms with van der Waals surface area (Å²) in [5, 5.41) is 20.9. The molecule has 0 spiro atoms. The van der Waals surface area contributed by atoms with E-state index in [2.05, 4.69) is 26.0 Å². The van der Waals surface area contributed by atoms with Crippen molar-refractivity contribution in [2.45, 2.75) is 71.0 Å². The largest absolute Gasteiger partial charge is 0.393 e. The molecule has 0 unspecified atom stereocenters. The Hall–Kier alpha value is -0.600. The summed E-state index contributed by atoms with van der Waals surface area (Å²) in [5.41, 5.74) is 3.29. The Morgan fingerprint density at radius 3 is 2.71 bits per heavy atom. The fraction of sp³-hybridized carbons (Fsp3) is 0.789. The van der Waals surface area contributed by atoms with Crippen molar-refractivity contribution >= 4 is 0 Å². The molecule has 0 aromatic carbocycles. The molecule has 0 heterocycles. The van der Waals surface area contributed by atoms with Gasteiger partial charge in [0, 0.05) is 5.92 Å². The maximum Gasteiger partial charge on any atom is 0.0619 e. The standard InChI is InChI=1S/C19H28O2/c1-18-8-3-4-15(18)14-6-5-12-10-13(20)7-9-19(12,2)17(14)16(21)11-18/h5-6,13,15-17,20-21H,3-4,7-11H2,1-2H3/t13-,15-,16+,17+,18-,19-/m0/s1. The predicted molar refractivity (Wildman–Crippen MR) is 83.7 cm³/mol. The SMILES string of the molecule is C[C@@]12CCC[C@H]1C1=CC=C3C[C@@H](O)CC[C@]3(C)[C@H]1[C@H](O)C2. The van der Waals surface area contributed by atoms with Gasteiger partial charge < -0.3 is 10.2 Å². The fourth-order valence-corrected chi connectivity index (χ4v) is 6.12. The molecule has 2 N–H and O–H groups in total. The van der Waals surface area contributed by atoms with Crippen LogP contribution < -0.4 is 0 Å². The number of hydrogen-bond acceptors (Lipinski definition) is 2. The molecule has 3 saturated carbocycles. The zero-order valence-electron chi connectivity index (χ0n) is 13.3. The lowest BCUT2D eigenvalue weighted by atomic mass is 9.50. The van der Waals surface area contributed by atoms with Gasteiger partial charge in [-0.25, -0.2) is 0 Å². The van der Waals surface area contributed by atoms with Crippen LogP contribution in [0.2, 0.25) is 0 Å². The van der Waals surface area contributed by atoms with Gasteiger partial charge in [-0.3, -0.25) is 0 Å². The first-order chi connectivity index (χ1) is 9.94. The highest BCUT2D eigenvalue weighted by molar-refractivity contribution is 5.39. The molecule has 0 bridgehead atoms. The van der Waals surface area contributed by atoms with Crippen LogP contribution in [-0.4, -0.2) is 22.4 Å². The first kappa shape index (κ1) is 14.0. The van der Waals surface area contributed by atoms with Crippen LogP contribution in [0, 0.1) is 22.7 Å². The van der Waals surface area contributed by atoms with E-state index in [1.807, 2.05) is 0 Å². The smallest absolute Gasteiger partial charge is 0.0619 e. The molecule has 2 nitrogen and oxygen atoms in total. The van der Waals surface area contributed by atoms with Gasteiger partial charge in [-0.15, -0.1) is 0 Å². The molecular weight excluding hydrogens is 260 g/mol. The van der Waals surface area contributed by atoms with Crippen LogP contribution >= 0.6 is 0 Å². The number of hydrogen-bond donors (Lipinski definition) is 2. The van der Waals surface area contributed by atoms with Crippen LogP contribution in [-0.2, 0) is 0 Å². The van der Waals surface area contributed by atoms with Crippen molar-refractivity contribution in [3.8, 4) is 0 Å². The summed E-state index contributed by atoms with van der Waals surface area (Å²) in [5.74, 6) is 0.966. The van der Waals surface area contributed by atoms with Gasteiger partial charge in [0.1, 0.15) is 0 Å². The molecule has 6 atom stereocenters. The average Bonchev–Trinajstić information content (AvgIpc) is 2.80. The van der Waals surface area contributed by atoms with Gasteiger partial charge in [0.2, 0.25) is 0 Å². The number of aliphatic hydroxyl groups excluding tert-OH is 2. The first-order valence-corrected chi connectivity index (χ1v) is 8.71. The molecule has 0 aromatic heterocycles. The van der Waals surface area contributed by atoms with Crippen LogP contribution in [0.4, 0.5) is 0 Å². The topological polar surface area (TPSA) is 40.5 Å². The van der Waals surface area contributed by atoms with Crippen LogP contribution in [0.3, 0.4) is 0 Å². The maximum absolute atomic E-state index is 11.0. The number of aliphatic hydroxyl groups is 2. The minimum atomic E-state index is -0.209. The highest BCUT2D eigenvalue weighted by Crippen LogP contribution is 2.63. The van der Waals surface area contributed by atoms with E-state index in [1.165, 1.54) is 30.4 Å². The Labute approximate surface area is 127 Å². The third kappa shape index (κ3) is 1.85. The molecule has 4 aliphatic rings. The van der Waals surface area contributed by atoms with Crippen LogP contribution in [0.25, 0.3) is 0 Å². The van der Waals surface area contributed by atoms with Gasteiger partial charge in [-0.1, -0.05) is 43.6 Å². The van der Waals surface area contributed by atoms with Gasteiger partial charge in [-0.05, 0) is 55.3 Å². The second-order valence-electron chi connectivity index (χ2n) is 8.52. The van der Waals surface area contributed by atoms with E-state index in [9.17, 15) is 10.2 Å². The summed E-state index contributed by atoms with van der Waals surface area (Å²) in [6.45, 7) is 4.72. The van der Waals surface area contributed by atoms with E-state index < -0.39 is 0 Å². The molecule has 0 amide bonds. The van der Waals surface area contributed by atoms with Crippen molar-refractivity contribution < 1.29 is 10.2 Å². The molecule has 116 valence electrons. The van der Waals surface area contributed by atoms with E-state index >= 15 is 0 Å². The second kappa shape index (κ2) is 4.45. The van der Waals surface area contributed by atoms with Gasteiger partial charge in [0.05, 0.1) is 12.2 Å². The molecule has 3 fully saturated rings. The van der Waals surface area contributed by atoms with E-state index in [1.54, 1.807) is 0 Å². The fourth-order valence-electron chi connectivity index (χ4n) is 6.12. The predicted octanol–water partition coefficient (Wildman–Crippen LogP) is 3.59. The quantitative estimate of drug-likeness (QED) is 0.715. The summed E-state index contributed by atoms with van der Waals surface area (Å²) < 4.78 is 0. The monoisotopic (exact) mass is 288 g/mol. The molecule has 0 radical (unpaired) electrons. The molecule has 0 aliphatic heterocycles. The molecular formula is C19H28O2. The lowest BCUT2D eigenvalue weighted by Gasteiger charge is -2.55. The summed E-state index contributed by atoms with van der Waals surface area (Å²) in [4.78, 5) is 0. The van der Waals surface area contributed by atoms with E-state index in [0.717, 1.165) is 25.7 Å². The van der Waals surface area contributed by atoms with Crippen molar-refractivity contribution in [3.63, 3.8) is 0 Å². The minimum absolute atomic E-state index is 0.0760. The van der Waals surface area contributed by atoms with E-state index in [4.69, 9.17) is 0 Å². The molecule has 0 saturated heterocycles. The third-order valence-electron chi connectivity index (χ3n) is 7.25. The Morgan fingerprint density at radius 1 is 1.10 bits per heavy atom. The van der Waals surface area contributed by atoms with Crippen molar-refractivity contribution in [1.82, 2.24) is 0 Å². The third-order valence-corrected chi connectivity index (χ3v) is 7.25. The first-order valence-electron chi connectivity index (χ1n) is 8.71. The summed E-state index contributed by atoms with van der Waals surface area (Å²) in [6.07, 6.45) is 11.7. The van der Waals surface area contributed by atoms with Crippen LogP contribution in [0.5, 0.6) is 0 Å². The van der Waals surface area contributed by atoms with E-state index in [0.29, 0.717) is 17.3 Å². The average molecular weight is 288 g/mol.